The standard InChI is InChI=1S/C21H17N3O4S/c1-24-20-10-8-17(11-16(20)13-22-24)29(27,28)23-19-12-15(7-9-18(19)21(25)26)14-5-3-2-4-6-14/h2-13,23H,1H3,(H,25,26). The van der Waals surface area contributed by atoms with Crippen molar-refractivity contribution in [1.29, 1.82) is 0 Å². The topological polar surface area (TPSA) is 101 Å². The molecule has 1 heterocycles. The molecule has 0 fully saturated rings. The summed E-state index contributed by atoms with van der Waals surface area (Å²) in [5.74, 6) is -1.22. The minimum atomic E-state index is -4.00. The number of benzene rings is 3. The summed E-state index contributed by atoms with van der Waals surface area (Å²) in [4.78, 5) is 11.7. The van der Waals surface area contributed by atoms with Crippen LogP contribution in [0.2, 0.25) is 0 Å². The number of sulfonamides is 1. The highest BCUT2D eigenvalue weighted by Crippen LogP contribution is 2.28. The quantitative estimate of drug-likeness (QED) is 0.525. The van der Waals surface area contributed by atoms with Crippen molar-refractivity contribution in [1.82, 2.24) is 9.78 Å². The largest absolute Gasteiger partial charge is 0.478 e. The lowest BCUT2D eigenvalue weighted by atomic mass is 10.0. The van der Waals surface area contributed by atoms with E-state index in [0.717, 1.165) is 11.1 Å². The Balaban J connectivity index is 1.77. The summed E-state index contributed by atoms with van der Waals surface area (Å²) < 4.78 is 30.0. The molecule has 29 heavy (non-hydrogen) atoms. The molecule has 0 radical (unpaired) electrons. The first-order chi connectivity index (χ1) is 13.8. The van der Waals surface area contributed by atoms with Crippen molar-refractivity contribution in [3.8, 4) is 11.1 Å². The second-order valence-electron chi connectivity index (χ2n) is 6.53. The molecule has 0 atom stereocenters. The van der Waals surface area contributed by atoms with E-state index >= 15 is 0 Å². The molecule has 0 saturated heterocycles. The zero-order chi connectivity index (χ0) is 20.6. The number of carboxylic acids is 1. The third-order valence-corrected chi connectivity index (χ3v) is 5.99. The van der Waals surface area contributed by atoms with Crippen molar-refractivity contribution in [3.63, 3.8) is 0 Å². The first-order valence-corrected chi connectivity index (χ1v) is 10.2. The molecule has 4 aromatic rings. The number of hydrogen-bond acceptors (Lipinski definition) is 4. The van der Waals surface area contributed by atoms with Gasteiger partial charge >= 0.3 is 5.97 Å². The summed E-state index contributed by atoms with van der Waals surface area (Å²) >= 11 is 0. The maximum Gasteiger partial charge on any atom is 0.337 e. The lowest BCUT2D eigenvalue weighted by molar-refractivity contribution is 0.0698. The van der Waals surface area contributed by atoms with Gasteiger partial charge in [0.2, 0.25) is 0 Å². The number of aryl methyl sites for hydroxylation is 1. The van der Waals surface area contributed by atoms with Gasteiger partial charge in [-0.3, -0.25) is 9.40 Å². The average Bonchev–Trinajstić information content (AvgIpc) is 3.08. The van der Waals surface area contributed by atoms with Crippen molar-refractivity contribution >= 4 is 32.6 Å². The molecule has 7 nitrogen and oxygen atoms in total. The normalized spacial score (nSPS) is 11.5. The van der Waals surface area contributed by atoms with Gasteiger partial charge in [-0.05, 0) is 41.5 Å². The Kier molecular flexibility index (Phi) is 4.56. The molecule has 3 aromatic carbocycles. The maximum atomic E-state index is 12.9. The van der Waals surface area contributed by atoms with E-state index in [0.29, 0.717) is 10.9 Å². The molecule has 2 N–H and O–H groups in total. The van der Waals surface area contributed by atoms with E-state index in [9.17, 15) is 18.3 Å². The molecule has 0 bridgehead atoms. The summed E-state index contributed by atoms with van der Waals surface area (Å²) in [6.45, 7) is 0. The van der Waals surface area contributed by atoms with Crippen molar-refractivity contribution < 1.29 is 18.3 Å². The lowest BCUT2D eigenvalue weighted by Crippen LogP contribution is -2.15. The van der Waals surface area contributed by atoms with Gasteiger partial charge in [-0.15, -0.1) is 0 Å². The average molecular weight is 407 g/mol. The summed E-state index contributed by atoms with van der Waals surface area (Å²) in [5.41, 5.74) is 2.22. The second kappa shape index (κ2) is 7.06. The molecule has 0 unspecified atom stereocenters. The Bertz CT molecular complexity index is 1330. The van der Waals surface area contributed by atoms with Gasteiger partial charge in [-0.2, -0.15) is 5.10 Å². The number of aromatic carboxylic acids is 1. The minimum Gasteiger partial charge on any atom is -0.478 e. The molecule has 0 aliphatic heterocycles. The Morgan fingerprint density at radius 1 is 1.00 bits per heavy atom. The van der Waals surface area contributed by atoms with E-state index in [1.807, 2.05) is 30.3 Å². The van der Waals surface area contributed by atoms with Crippen LogP contribution in [0, 0.1) is 0 Å². The molecule has 4 rings (SSSR count). The predicted molar refractivity (Wildman–Crippen MR) is 110 cm³/mol. The first kappa shape index (κ1) is 18.7. The van der Waals surface area contributed by atoms with Crippen LogP contribution >= 0.6 is 0 Å². The SMILES string of the molecule is Cn1ncc2cc(S(=O)(=O)Nc3cc(-c4ccccc4)ccc3C(=O)O)ccc21. The third kappa shape index (κ3) is 3.57. The molecule has 146 valence electrons. The van der Waals surface area contributed by atoms with Crippen molar-refractivity contribution in [2.45, 2.75) is 4.90 Å². The van der Waals surface area contributed by atoms with Crippen LogP contribution in [0.5, 0.6) is 0 Å². The number of hydrogen-bond donors (Lipinski definition) is 2. The van der Waals surface area contributed by atoms with Gasteiger partial charge in [-0.25, -0.2) is 13.2 Å². The molecule has 8 heteroatoms. The molecular formula is C21H17N3O4S. The summed E-state index contributed by atoms with van der Waals surface area (Å²) in [7, 11) is -2.23. The van der Waals surface area contributed by atoms with Gasteiger partial charge in [0, 0.05) is 12.4 Å². The van der Waals surface area contributed by atoms with Crippen LogP contribution < -0.4 is 4.72 Å². The highest BCUT2D eigenvalue weighted by Gasteiger charge is 2.20. The van der Waals surface area contributed by atoms with Gasteiger partial charge < -0.3 is 5.11 Å². The van der Waals surface area contributed by atoms with Gasteiger partial charge in [-0.1, -0.05) is 36.4 Å². The monoisotopic (exact) mass is 407 g/mol. The minimum absolute atomic E-state index is 0.00476. The highest BCUT2D eigenvalue weighted by atomic mass is 32.2. The Morgan fingerprint density at radius 3 is 2.48 bits per heavy atom. The number of fused-ring (bicyclic) bond motifs is 1. The van der Waals surface area contributed by atoms with Crippen LogP contribution in [0.1, 0.15) is 10.4 Å². The Labute approximate surface area is 167 Å². The van der Waals surface area contributed by atoms with Crippen LogP contribution in [-0.2, 0) is 17.1 Å². The Morgan fingerprint density at radius 2 is 1.76 bits per heavy atom. The molecule has 0 spiro atoms. The number of carbonyl (C=O) groups is 1. The van der Waals surface area contributed by atoms with Gasteiger partial charge in [0.05, 0.1) is 27.9 Å². The fourth-order valence-electron chi connectivity index (χ4n) is 3.14. The number of aromatic nitrogens is 2. The summed E-state index contributed by atoms with van der Waals surface area (Å²) in [6.07, 6.45) is 1.58. The zero-order valence-corrected chi connectivity index (χ0v) is 16.2. The van der Waals surface area contributed by atoms with Gasteiger partial charge in [0.1, 0.15) is 0 Å². The summed E-state index contributed by atoms with van der Waals surface area (Å²) in [6, 6.07) is 18.5. The van der Waals surface area contributed by atoms with Crippen molar-refractivity contribution in [2.24, 2.45) is 7.05 Å². The molecular weight excluding hydrogens is 390 g/mol. The molecule has 1 aromatic heterocycles. The molecule has 0 aliphatic rings. The van der Waals surface area contributed by atoms with E-state index in [1.54, 1.807) is 30.1 Å². The van der Waals surface area contributed by atoms with Crippen LogP contribution in [-0.4, -0.2) is 29.3 Å². The van der Waals surface area contributed by atoms with E-state index in [2.05, 4.69) is 9.82 Å². The second-order valence-corrected chi connectivity index (χ2v) is 8.21. The van der Waals surface area contributed by atoms with Crippen molar-refractivity contribution in [2.75, 3.05) is 4.72 Å². The van der Waals surface area contributed by atoms with Gasteiger partial charge in [0.25, 0.3) is 10.0 Å². The summed E-state index contributed by atoms with van der Waals surface area (Å²) in [5, 5.41) is 14.3. The molecule has 0 aliphatic carbocycles. The highest BCUT2D eigenvalue weighted by molar-refractivity contribution is 7.92. The number of nitrogens with one attached hydrogen (secondary N) is 1. The van der Waals surface area contributed by atoms with E-state index < -0.39 is 16.0 Å². The number of rotatable bonds is 5. The number of anilines is 1. The number of nitrogens with zero attached hydrogens (tertiary/aromatic N) is 2. The van der Waals surface area contributed by atoms with E-state index in [4.69, 9.17) is 0 Å². The Hall–Kier alpha value is -3.65. The third-order valence-electron chi connectivity index (χ3n) is 4.63. The zero-order valence-electron chi connectivity index (χ0n) is 15.4. The van der Waals surface area contributed by atoms with Crippen LogP contribution in [0.4, 0.5) is 5.69 Å². The van der Waals surface area contributed by atoms with E-state index in [-0.39, 0.29) is 16.1 Å². The van der Waals surface area contributed by atoms with Crippen LogP contribution in [0.15, 0.2) is 77.8 Å². The molecule has 0 saturated carbocycles. The fraction of sp³-hybridized carbons (Fsp3) is 0.0476. The van der Waals surface area contributed by atoms with Crippen LogP contribution in [0.25, 0.3) is 22.0 Å². The number of carboxylic acid groups (broad SMARTS) is 1. The smallest absolute Gasteiger partial charge is 0.337 e. The predicted octanol–water partition coefficient (Wildman–Crippen LogP) is 3.74. The van der Waals surface area contributed by atoms with Crippen molar-refractivity contribution in [3.05, 3.63) is 78.5 Å². The van der Waals surface area contributed by atoms with E-state index in [1.165, 1.54) is 24.3 Å². The lowest BCUT2D eigenvalue weighted by Gasteiger charge is -2.13. The maximum absolute atomic E-state index is 12.9. The van der Waals surface area contributed by atoms with Gasteiger partial charge in [0.15, 0.2) is 0 Å². The van der Waals surface area contributed by atoms with Crippen LogP contribution in [0.3, 0.4) is 0 Å². The fourth-order valence-corrected chi connectivity index (χ4v) is 4.24. The molecule has 0 amide bonds. The first-order valence-electron chi connectivity index (χ1n) is 8.72.